The largest absolute Gasteiger partial charge is 0.491 e. The molecule has 3 aromatic rings. The highest BCUT2D eigenvalue weighted by Gasteiger charge is 2.51. The lowest BCUT2D eigenvalue weighted by molar-refractivity contribution is -0.149. The van der Waals surface area contributed by atoms with E-state index < -0.39 is 40.2 Å². The molecule has 0 aromatic heterocycles. The van der Waals surface area contributed by atoms with E-state index in [1.807, 2.05) is 48.5 Å². The second kappa shape index (κ2) is 14.9. The van der Waals surface area contributed by atoms with Crippen LogP contribution in [0.3, 0.4) is 0 Å². The van der Waals surface area contributed by atoms with Crippen LogP contribution in [0.15, 0.2) is 66.7 Å². The summed E-state index contributed by atoms with van der Waals surface area (Å²) < 4.78 is 62.0. The number of nitriles is 1. The molecule has 1 heterocycles. The van der Waals surface area contributed by atoms with Gasteiger partial charge in [0.15, 0.2) is 5.50 Å². The molecule has 0 N–H and O–H groups in total. The number of hydrogen-bond acceptors (Lipinski definition) is 9. The molecular formula is C33H34F3N3O6S. The van der Waals surface area contributed by atoms with Crippen LogP contribution in [0.2, 0.25) is 0 Å². The minimum Gasteiger partial charge on any atom is -0.491 e. The second-order valence-corrected chi connectivity index (χ2v) is 11.1. The van der Waals surface area contributed by atoms with E-state index >= 15 is 0 Å². The molecule has 1 unspecified atom stereocenters. The molecular weight excluding hydrogens is 623 g/mol. The lowest BCUT2D eigenvalue weighted by Gasteiger charge is -2.33. The third-order valence-corrected chi connectivity index (χ3v) is 7.70. The number of anilines is 2. The van der Waals surface area contributed by atoms with E-state index in [1.54, 1.807) is 31.7 Å². The Balaban J connectivity index is 1.36. The predicted octanol–water partition coefficient (Wildman–Crippen LogP) is 6.06. The maximum absolute atomic E-state index is 13.6. The number of thiol groups is 1. The molecule has 1 amide bonds. The Morgan fingerprint density at radius 3 is 2.13 bits per heavy atom. The van der Waals surface area contributed by atoms with Gasteiger partial charge in [0.25, 0.3) is 5.91 Å². The predicted molar refractivity (Wildman–Crippen MR) is 169 cm³/mol. The summed E-state index contributed by atoms with van der Waals surface area (Å²) in [5.74, 6) is -0.184. The Morgan fingerprint density at radius 1 is 0.935 bits per heavy atom. The fourth-order valence-corrected chi connectivity index (χ4v) is 5.64. The number of esters is 1. The van der Waals surface area contributed by atoms with Crippen LogP contribution in [0, 0.1) is 11.3 Å². The Hall–Kier alpha value is -4.25. The van der Waals surface area contributed by atoms with Crippen LogP contribution < -0.4 is 14.5 Å². The number of carbonyl (C=O) groups excluding carboxylic acids is 2. The molecule has 1 saturated heterocycles. The molecule has 4 rings (SSSR count). The van der Waals surface area contributed by atoms with Crippen molar-refractivity contribution in [1.82, 2.24) is 0 Å². The fraction of sp³-hybridized carbons (Fsp3) is 0.364. The average molecular weight is 658 g/mol. The highest BCUT2D eigenvalue weighted by Crippen LogP contribution is 2.42. The summed E-state index contributed by atoms with van der Waals surface area (Å²) in [6, 6.07) is 19.7. The molecule has 1 aliphatic rings. The highest BCUT2D eigenvalue weighted by atomic mass is 32.1. The van der Waals surface area contributed by atoms with E-state index in [1.165, 1.54) is 11.0 Å². The van der Waals surface area contributed by atoms with Crippen molar-refractivity contribution in [2.45, 2.75) is 38.0 Å². The van der Waals surface area contributed by atoms with Crippen LogP contribution in [-0.4, -0.2) is 62.6 Å². The number of halogens is 3. The first-order valence-corrected chi connectivity index (χ1v) is 15.0. The van der Waals surface area contributed by atoms with Crippen molar-refractivity contribution >= 4 is 35.9 Å². The van der Waals surface area contributed by atoms with Gasteiger partial charge in [-0.25, -0.2) is 4.79 Å². The zero-order valence-electron chi connectivity index (χ0n) is 25.5. The molecule has 0 saturated carbocycles. The zero-order chi connectivity index (χ0) is 33.5. The van der Waals surface area contributed by atoms with Gasteiger partial charge in [-0.3, -0.25) is 9.69 Å². The summed E-state index contributed by atoms with van der Waals surface area (Å²) in [6.07, 6.45) is -4.76. The Labute approximate surface area is 270 Å². The maximum atomic E-state index is 13.6. The second-order valence-electron chi connectivity index (χ2n) is 10.7. The molecule has 9 nitrogen and oxygen atoms in total. The van der Waals surface area contributed by atoms with Crippen LogP contribution in [0.4, 0.5) is 24.5 Å². The van der Waals surface area contributed by atoms with Gasteiger partial charge in [-0.05, 0) is 74.4 Å². The van der Waals surface area contributed by atoms with E-state index in [4.69, 9.17) is 24.2 Å². The molecule has 0 aliphatic carbocycles. The molecule has 13 heteroatoms. The molecule has 244 valence electrons. The van der Waals surface area contributed by atoms with E-state index in [0.29, 0.717) is 37.9 Å². The van der Waals surface area contributed by atoms with Gasteiger partial charge >= 0.3 is 12.1 Å². The SMILES string of the molecule is CCOC(=O)COCCOCCOc1ccc(-c2ccc(N3C(S)N(c4ccc(C#N)c(C(F)(F)F)c4)C(=O)C3(C)C)cc2)cc1. The molecule has 1 fully saturated rings. The van der Waals surface area contributed by atoms with Gasteiger partial charge in [-0.1, -0.05) is 24.3 Å². The number of rotatable bonds is 13. The van der Waals surface area contributed by atoms with Crippen molar-refractivity contribution in [3.8, 4) is 22.9 Å². The van der Waals surface area contributed by atoms with Gasteiger partial charge in [0.05, 0.1) is 43.6 Å². The van der Waals surface area contributed by atoms with Gasteiger partial charge in [0, 0.05) is 11.4 Å². The van der Waals surface area contributed by atoms with E-state index in [-0.39, 0.29) is 18.9 Å². The summed E-state index contributed by atoms with van der Waals surface area (Å²) in [6.45, 7) is 6.57. The van der Waals surface area contributed by atoms with Crippen LogP contribution in [0.1, 0.15) is 31.9 Å². The molecule has 3 aromatic carbocycles. The number of alkyl halides is 3. The number of benzene rings is 3. The van der Waals surface area contributed by atoms with Crippen molar-refractivity contribution in [2.75, 3.05) is 49.4 Å². The van der Waals surface area contributed by atoms with Gasteiger partial charge < -0.3 is 23.8 Å². The first-order valence-electron chi connectivity index (χ1n) is 14.4. The quantitative estimate of drug-likeness (QED) is 0.135. The van der Waals surface area contributed by atoms with Crippen molar-refractivity contribution in [3.63, 3.8) is 0 Å². The Morgan fingerprint density at radius 2 is 1.52 bits per heavy atom. The van der Waals surface area contributed by atoms with Gasteiger partial charge in [-0.2, -0.15) is 18.4 Å². The number of amides is 1. The third kappa shape index (κ3) is 7.93. The fourth-order valence-electron chi connectivity index (χ4n) is 4.98. The number of nitrogens with zero attached hydrogens (tertiary/aromatic N) is 3. The first-order chi connectivity index (χ1) is 21.9. The lowest BCUT2D eigenvalue weighted by atomic mass is 10.0. The van der Waals surface area contributed by atoms with Crippen molar-refractivity contribution < 1.29 is 41.7 Å². The third-order valence-electron chi connectivity index (χ3n) is 7.24. The van der Waals surface area contributed by atoms with Gasteiger partial charge in [0.1, 0.15) is 24.5 Å². The molecule has 0 radical (unpaired) electrons. The minimum absolute atomic E-state index is 0.00237. The summed E-state index contributed by atoms with van der Waals surface area (Å²) in [4.78, 5) is 27.7. The number of carbonyl (C=O) groups is 2. The van der Waals surface area contributed by atoms with Crippen molar-refractivity contribution in [3.05, 3.63) is 77.9 Å². The monoisotopic (exact) mass is 657 g/mol. The normalized spacial score (nSPS) is 16.0. The molecule has 1 atom stereocenters. The summed E-state index contributed by atoms with van der Waals surface area (Å²) in [5, 5.41) is 9.15. The lowest BCUT2D eigenvalue weighted by Crippen LogP contribution is -2.44. The Kier molecular flexibility index (Phi) is 11.2. The van der Waals surface area contributed by atoms with E-state index in [0.717, 1.165) is 23.3 Å². The highest BCUT2D eigenvalue weighted by molar-refractivity contribution is 7.81. The first kappa shape index (κ1) is 34.6. The van der Waals surface area contributed by atoms with E-state index in [2.05, 4.69) is 12.6 Å². The van der Waals surface area contributed by atoms with Gasteiger partial charge in [0.2, 0.25) is 0 Å². The average Bonchev–Trinajstić information content (AvgIpc) is 3.20. The minimum atomic E-state index is -4.76. The summed E-state index contributed by atoms with van der Waals surface area (Å²) in [7, 11) is 0. The van der Waals surface area contributed by atoms with Crippen molar-refractivity contribution in [1.29, 1.82) is 5.26 Å². The smallest absolute Gasteiger partial charge is 0.417 e. The maximum Gasteiger partial charge on any atom is 0.417 e. The molecule has 0 spiro atoms. The topological polar surface area (TPSA) is 101 Å². The molecule has 46 heavy (non-hydrogen) atoms. The van der Waals surface area contributed by atoms with Crippen LogP contribution in [-0.2, 0) is 30.0 Å². The van der Waals surface area contributed by atoms with E-state index in [9.17, 15) is 22.8 Å². The van der Waals surface area contributed by atoms with Crippen LogP contribution >= 0.6 is 12.6 Å². The standard InChI is InChI=1S/C33H34F3N3O6S/c1-4-44-29(40)21-43-16-15-42-17-18-45-27-13-8-23(9-14-27)22-5-10-25(11-6-22)39-31(46)38(30(41)32(39,2)3)26-12-7-24(20-37)28(19-26)33(34,35)36/h5-14,19,31,46H,4,15-18,21H2,1-3H3. The number of hydrogen-bond donors (Lipinski definition) is 1. The molecule has 1 aliphatic heterocycles. The summed E-state index contributed by atoms with van der Waals surface area (Å²) in [5.41, 5.74) is -1.19. The zero-order valence-corrected chi connectivity index (χ0v) is 26.4. The molecule has 0 bridgehead atoms. The van der Waals surface area contributed by atoms with Gasteiger partial charge in [-0.15, -0.1) is 12.6 Å². The Bertz CT molecular complexity index is 1560. The van der Waals surface area contributed by atoms with Crippen LogP contribution in [0.25, 0.3) is 11.1 Å². The number of ether oxygens (including phenoxy) is 4. The summed E-state index contributed by atoms with van der Waals surface area (Å²) >= 11 is 4.65. The van der Waals surface area contributed by atoms with Crippen molar-refractivity contribution in [2.24, 2.45) is 0 Å². The van der Waals surface area contributed by atoms with Crippen LogP contribution in [0.5, 0.6) is 5.75 Å².